The average Bonchev–Trinajstić information content (AvgIpc) is 2.79. The summed E-state index contributed by atoms with van der Waals surface area (Å²) in [6.45, 7) is 3.85. The molecule has 20 heavy (non-hydrogen) atoms. The molecule has 0 aliphatic rings. The fraction of sp³-hybridized carbons (Fsp3) is 0.333. The Balaban J connectivity index is 2.49. The van der Waals surface area contributed by atoms with Gasteiger partial charge in [-0.1, -0.05) is 26.3 Å². The Hall–Kier alpha value is -2.30. The maximum atomic E-state index is 11.4. The van der Waals surface area contributed by atoms with Crippen molar-refractivity contribution in [3.8, 4) is 0 Å². The van der Waals surface area contributed by atoms with E-state index in [0.29, 0.717) is 0 Å². The summed E-state index contributed by atoms with van der Waals surface area (Å²) in [5, 5.41) is 19.9. The largest absolute Gasteiger partial charge is 0.480 e. The number of hydrogen-bond donors (Lipinski definition) is 2. The summed E-state index contributed by atoms with van der Waals surface area (Å²) in [7, 11) is 0. The molecule has 1 aromatic carbocycles. The predicted octanol–water partition coefficient (Wildman–Crippen LogP) is 3.01. The highest BCUT2D eigenvalue weighted by Gasteiger charge is 2.25. The standard InChI is InChI=1S/C15H17NO4/c1-3-9(2)13(15(19)20)16-7-11-5-4-10(14(17)18)6-12(11)8-16/h4-9,13H,3H2,1-2H3,(H,17,18)(H,19,20). The number of rotatable bonds is 5. The first kappa shape index (κ1) is 14.1. The molecule has 0 aliphatic heterocycles. The molecule has 0 fully saturated rings. The average molecular weight is 275 g/mol. The van der Waals surface area contributed by atoms with E-state index in [2.05, 4.69) is 0 Å². The molecule has 2 aromatic rings. The summed E-state index contributed by atoms with van der Waals surface area (Å²) in [4.78, 5) is 22.4. The van der Waals surface area contributed by atoms with Crippen molar-refractivity contribution in [1.29, 1.82) is 0 Å². The number of benzene rings is 1. The van der Waals surface area contributed by atoms with Crippen LogP contribution in [-0.2, 0) is 4.79 Å². The van der Waals surface area contributed by atoms with Crippen LogP contribution in [0.2, 0.25) is 0 Å². The second-order valence-electron chi connectivity index (χ2n) is 5.02. The number of carbonyl (C=O) groups is 2. The Bertz CT molecular complexity index is 659. The Labute approximate surface area is 116 Å². The summed E-state index contributed by atoms with van der Waals surface area (Å²) in [5.41, 5.74) is 0.200. The van der Waals surface area contributed by atoms with Gasteiger partial charge in [-0.3, -0.25) is 0 Å². The molecule has 2 unspecified atom stereocenters. The van der Waals surface area contributed by atoms with E-state index in [4.69, 9.17) is 5.11 Å². The van der Waals surface area contributed by atoms with Crippen LogP contribution in [0.4, 0.5) is 0 Å². The number of aromatic carboxylic acids is 1. The molecule has 1 aromatic heterocycles. The molecule has 0 bridgehead atoms. The van der Waals surface area contributed by atoms with E-state index in [1.54, 1.807) is 29.1 Å². The first-order chi connectivity index (χ1) is 9.43. The van der Waals surface area contributed by atoms with Crippen LogP contribution in [0.15, 0.2) is 30.6 Å². The summed E-state index contributed by atoms with van der Waals surface area (Å²) in [5.74, 6) is -1.87. The third-order valence-electron chi connectivity index (χ3n) is 3.67. The van der Waals surface area contributed by atoms with Gasteiger partial charge in [0.2, 0.25) is 0 Å². The topological polar surface area (TPSA) is 79.5 Å². The van der Waals surface area contributed by atoms with Crippen molar-refractivity contribution in [1.82, 2.24) is 4.57 Å². The number of nitrogens with zero attached hydrogens (tertiary/aromatic N) is 1. The normalized spacial score (nSPS) is 14.1. The second kappa shape index (κ2) is 5.36. The minimum atomic E-state index is -0.989. The van der Waals surface area contributed by atoms with Crippen LogP contribution in [0.1, 0.15) is 36.7 Å². The highest BCUT2D eigenvalue weighted by atomic mass is 16.4. The number of aliphatic carboxylic acids is 1. The van der Waals surface area contributed by atoms with Gasteiger partial charge in [0, 0.05) is 17.8 Å². The van der Waals surface area contributed by atoms with Gasteiger partial charge in [0.1, 0.15) is 6.04 Å². The van der Waals surface area contributed by atoms with E-state index in [9.17, 15) is 14.7 Å². The maximum Gasteiger partial charge on any atom is 0.335 e. The van der Waals surface area contributed by atoms with Crippen LogP contribution in [0.3, 0.4) is 0 Å². The summed E-state index contributed by atoms with van der Waals surface area (Å²) in [6, 6.07) is 4.14. The van der Waals surface area contributed by atoms with Crippen LogP contribution in [0, 0.1) is 5.92 Å². The Morgan fingerprint density at radius 3 is 2.40 bits per heavy atom. The maximum absolute atomic E-state index is 11.4. The molecule has 0 saturated heterocycles. The Morgan fingerprint density at radius 2 is 1.85 bits per heavy atom. The number of fused-ring (bicyclic) bond motifs is 1. The zero-order valence-electron chi connectivity index (χ0n) is 11.4. The van der Waals surface area contributed by atoms with Crippen LogP contribution in [0.25, 0.3) is 10.8 Å². The first-order valence-corrected chi connectivity index (χ1v) is 6.51. The molecule has 0 amide bonds. The lowest BCUT2D eigenvalue weighted by molar-refractivity contribution is -0.142. The van der Waals surface area contributed by atoms with E-state index in [0.717, 1.165) is 17.2 Å². The van der Waals surface area contributed by atoms with E-state index < -0.39 is 18.0 Å². The number of carboxylic acid groups (broad SMARTS) is 2. The molecule has 1 heterocycles. The van der Waals surface area contributed by atoms with Gasteiger partial charge in [0.15, 0.2) is 0 Å². The highest BCUT2D eigenvalue weighted by molar-refractivity contribution is 5.94. The van der Waals surface area contributed by atoms with Crippen LogP contribution < -0.4 is 0 Å². The lowest BCUT2D eigenvalue weighted by atomic mass is 9.99. The zero-order chi connectivity index (χ0) is 14.9. The van der Waals surface area contributed by atoms with Crippen molar-refractivity contribution in [2.24, 2.45) is 5.92 Å². The predicted molar refractivity (Wildman–Crippen MR) is 75.0 cm³/mol. The van der Waals surface area contributed by atoms with Gasteiger partial charge in [-0.05, 0) is 23.4 Å². The summed E-state index contributed by atoms with van der Waals surface area (Å²) >= 11 is 0. The van der Waals surface area contributed by atoms with Gasteiger partial charge in [-0.15, -0.1) is 0 Å². The van der Waals surface area contributed by atoms with Gasteiger partial charge in [0.05, 0.1) is 5.56 Å². The molecule has 2 N–H and O–H groups in total. The van der Waals surface area contributed by atoms with E-state index in [1.807, 2.05) is 13.8 Å². The molecule has 2 atom stereocenters. The minimum Gasteiger partial charge on any atom is -0.480 e. The van der Waals surface area contributed by atoms with E-state index in [1.165, 1.54) is 6.07 Å². The van der Waals surface area contributed by atoms with E-state index >= 15 is 0 Å². The molecule has 106 valence electrons. The number of carboxylic acids is 2. The zero-order valence-corrected chi connectivity index (χ0v) is 11.4. The van der Waals surface area contributed by atoms with Crippen molar-refractivity contribution < 1.29 is 19.8 Å². The lowest BCUT2D eigenvalue weighted by Crippen LogP contribution is -2.24. The highest BCUT2D eigenvalue weighted by Crippen LogP contribution is 2.26. The monoisotopic (exact) mass is 275 g/mol. The molecular weight excluding hydrogens is 258 g/mol. The van der Waals surface area contributed by atoms with Crippen molar-refractivity contribution in [3.05, 3.63) is 36.2 Å². The van der Waals surface area contributed by atoms with Crippen molar-refractivity contribution >= 4 is 22.7 Å². The Kier molecular flexibility index (Phi) is 3.79. The van der Waals surface area contributed by atoms with Gasteiger partial charge < -0.3 is 14.8 Å². The lowest BCUT2D eigenvalue weighted by Gasteiger charge is -2.20. The quantitative estimate of drug-likeness (QED) is 0.879. The molecule has 0 radical (unpaired) electrons. The SMILES string of the molecule is CCC(C)C(C(=O)O)n1cc2ccc(C(=O)O)cc2c1. The Morgan fingerprint density at radius 1 is 1.20 bits per heavy atom. The molecule has 0 aliphatic carbocycles. The molecule has 5 nitrogen and oxygen atoms in total. The molecule has 5 heteroatoms. The smallest absolute Gasteiger partial charge is 0.335 e. The number of aromatic nitrogens is 1. The van der Waals surface area contributed by atoms with Gasteiger partial charge in [-0.2, -0.15) is 0 Å². The van der Waals surface area contributed by atoms with Crippen molar-refractivity contribution in [2.45, 2.75) is 26.3 Å². The fourth-order valence-corrected chi connectivity index (χ4v) is 2.34. The third-order valence-corrected chi connectivity index (χ3v) is 3.67. The van der Waals surface area contributed by atoms with E-state index in [-0.39, 0.29) is 11.5 Å². The van der Waals surface area contributed by atoms with Gasteiger partial charge in [-0.25, -0.2) is 9.59 Å². The molecule has 0 saturated carbocycles. The fourth-order valence-electron chi connectivity index (χ4n) is 2.34. The second-order valence-corrected chi connectivity index (χ2v) is 5.02. The van der Waals surface area contributed by atoms with Gasteiger partial charge in [0.25, 0.3) is 0 Å². The molecule has 2 rings (SSSR count). The van der Waals surface area contributed by atoms with Crippen molar-refractivity contribution in [2.75, 3.05) is 0 Å². The van der Waals surface area contributed by atoms with Crippen LogP contribution >= 0.6 is 0 Å². The first-order valence-electron chi connectivity index (χ1n) is 6.51. The summed E-state index contributed by atoms with van der Waals surface area (Å²) in [6.07, 6.45) is 4.21. The van der Waals surface area contributed by atoms with Crippen LogP contribution in [-0.4, -0.2) is 26.7 Å². The van der Waals surface area contributed by atoms with Crippen molar-refractivity contribution in [3.63, 3.8) is 0 Å². The van der Waals surface area contributed by atoms with Crippen LogP contribution in [0.5, 0.6) is 0 Å². The minimum absolute atomic E-state index is 0.00624. The molecular formula is C15H17NO4. The summed E-state index contributed by atoms with van der Waals surface area (Å²) < 4.78 is 1.66. The number of hydrogen-bond acceptors (Lipinski definition) is 2. The van der Waals surface area contributed by atoms with Gasteiger partial charge >= 0.3 is 11.9 Å². The molecule has 0 spiro atoms. The third kappa shape index (κ3) is 2.52.